The van der Waals surface area contributed by atoms with Crippen LogP contribution in [0.3, 0.4) is 0 Å². The van der Waals surface area contributed by atoms with Gasteiger partial charge in [-0.3, -0.25) is 4.79 Å². The number of carbonyl (C=O) groups is 1. The quantitative estimate of drug-likeness (QED) is 0.0364. The minimum Gasteiger partial charge on any atom is -0.394 e. The highest BCUT2D eigenvalue weighted by Gasteiger charge is 2.21. The number of aliphatic hydroxyl groups excluding tert-OH is 3. The summed E-state index contributed by atoms with van der Waals surface area (Å²) in [5.74, 6) is -0.280. The van der Waals surface area contributed by atoms with Crippen molar-refractivity contribution in [2.75, 3.05) is 6.61 Å². The first-order valence-electron chi connectivity index (χ1n) is 26.0. The molecule has 0 rings (SSSR count). The molecule has 4 N–H and O–H groups in total. The molecule has 0 aromatic carbocycles. The van der Waals surface area contributed by atoms with Crippen LogP contribution in [-0.4, -0.2) is 46.1 Å². The van der Waals surface area contributed by atoms with Crippen LogP contribution in [0.1, 0.15) is 290 Å². The lowest BCUT2D eigenvalue weighted by molar-refractivity contribution is -0.125. The second kappa shape index (κ2) is 47.8. The van der Waals surface area contributed by atoms with Gasteiger partial charge in [-0.1, -0.05) is 257 Å². The summed E-state index contributed by atoms with van der Waals surface area (Å²) in [6.45, 7) is 4.29. The monoisotopic (exact) mass is 806 g/mol. The number of allylic oxidation sites excluding steroid dienone is 2. The first-order chi connectivity index (χ1) is 28.0. The van der Waals surface area contributed by atoms with E-state index in [1.54, 1.807) is 0 Å². The van der Waals surface area contributed by atoms with Crippen LogP contribution in [0.25, 0.3) is 0 Å². The Hall–Kier alpha value is -0.910. The summed E-state index contributed by atoms with van der Waals surface area (Å²) in [4.78, 5) is 12.5. The Kier molecular flexibility index (Phi) is 47.0. The van der Waals surface area contributed by atoms with E-state index < -0.39 is 18.2 Å². The summed E-state index contributed by atoms with van der Waals surface area (Å²) >= 11 is 0. The molecule has 5 nitrogen and oxygen atoms in total. The fraction of sp³-hybridized carbons (Fsp3) is 0.942. The van der Waals surface area contributed by atoms with E-state index in [-0.39, 0.29) is 18.9 Å². The molecule has 1 amide bonds. The zero-order chi connectivity index (χ0) is 41.5. The van der Waals surface area contributed by atoms with Gasteiger partial charge in [0.05, 0.1) is 31.3 Å². The first-order valence-corrected chi connectivity index (χ1v) is 26.0. The third-order valence-corrected chi connectivity index (χ3v) is 12.3. The highest BCUT2D eigenvalue weighted by Crippen LogP contribution is 2.17. The molecule has 0 saturated heterocycles. The summed E-state index contributed by atoms with van der Waals surface area (Å²) in [6.07, 6.45) is 57.8. The van der Waals surface area contributed by atoms with Gasteiger partial charge < -0.3 is 20.6 Å². The van der Waals surface area contributed by atoms with E-state index in [1.807, 2.05) is 0 Å². The van der Waals surface area contributed by atoms with E-state index in [0.29, 0.717) is 12.8 Å². The Balaban J connectivity index is 3.54. The van der Waals surface area contributed by atoms with Crippen molar-refractivity contribution in [3.8, 4) is 0 Å². The second-order valence-electron chi connectivity index (χ2n) is 18.1. The van der Waals surface area contributed by atoms with E-state index in [1.165, 1.54) is 231 Å². The smallest absolute Gasteiger partial charge is 0.222 e. The van der Waals surface area contributed by atoms with Crippen LogP contribution >= 0.6 is 0 Å². The summed E-state index contributed by atoms with van der Waals surface area (Å²) in [6, 6.07) is -0.656. The summed E-state index contributed by atoms with van der Waals surface area (Å²) in [5.41, 5.74) is 0. The van der Waals surface area contributed by atoms with E-state index in [9.17, 15) is 20.1 Å². The highest BCUT2D eigenvalue weighted by atomic mass is 16.3. The number of carbonyl (C=O) groups excluding carboxylic acids is 1. The summed E-state index contributed by atoms with van der Waals surface area (Å²) < 4.78 is 0. The van der Waals surface area contributed by atoms with Gasteiger partial charge in [0.2, 0.25) is 5.91 Å². The number of aliphatic hydroxyl groups is 3. The van der Waals surface area contributed by atoms with Crippen LogP contribution in [0.5, 0.6) is 0 Å². The van der Waals surface area contributed by atoms with Crippen molar-refractivity contribution in [2.24, 2.45) is 0 Å². The van der Waals surface area contributed by atoms with E-state index in [2.05, 4.69) is 31.3 Å². The Morgan fingerprint density at radius 3 is 1.02 bits per heavy atom. The van der Waals surface area contributed by atoms with E-state index in [0.717, 1.165) is 25.7 Å². The lowest BCUT2D eigenvalue weighted by Gasteiger charge is -2.23. The number of nitrogens with one attached hydrogen (secondary N) is 1. The van der Waals surface area contributed by atoms with Crippen molar-refractivity contribution < 1.29 is 20.1 Å². The van der Waals surface area contributed by atoms with Crippen molar-refractivity contribution in [1.82, 2.24) is 5.32 Å². The molecule has 0 bridgehead atoms. The number of rotatable bonds is 48. The maximum Gasteiger partial charge on any atom is 0.222 e. The van der Waals surface area contributed by atoms with Gasteiger partial charge in [-0.05, 0) is 38.5 Å². The molecule has 0 aliphatic rings. The summed E-state index contributed by atoms with van der Waals surface area (Å²) in [7, 11) is 0. The minimum absolute atomic E-state index is 0.0386. The molecule has 5 heteroatoms. The van der Waals surface area contributed by atoms with Crippen LogP contribution < -0.4 is 5.32 Å². The van der Waals surface area contributed by atoms with Crippen LogP contribution in [0.2, 0.25) is 0 Å². The zero-order valence-electron chi connectivity index (χ0n) is 38.7. The Morgan fingerprint density at radius 2 is 0.702 bits per heavy atom. The number of hydrogen-bond donors (Lipinski definition) is 4. The fourth-order valence-corrected chi connectivity index (χ4v) is 8.34. The van der Waals surface area contributed by atoms with Crippen LogP contribution in [0.15, 0.2) is 12.2 Å². The number of hydrogen-bond acceptors (Lipinski definition) is 4. The molecule has 3 unspecified atom stereocenters. The van der Waals surface area contributed by atoms with Crippen molar-refractivity contribution in [3.05, 3.63) is 12.2 Å². The topological polar surface area (TPSA) is 89.8 Å². The van der Waals surface area contributed by atoms with Crippen molar-refractivity contribution in [2.45, 2.75) is 308 Å². The van der Waals surface area contributed by atoms with Crippen molar-refractivity contribution in [3.63, 3.8) is 0 Å². The molecule has 0 aliphatic heterocycles. The van der Waals surface area contributed by atoms with E-state index in [4.69, 9.17) is 0 Å². The van der Waals surface area contributed by atoms with Gasteiger partial charge >= 0.3 is 0 Å². The number of amides is 1. The van der Waals surface area contributed by atoms with Gasteiger partial charge in [0, 0.05) is 0 Å². The van der Waals surface area contributed by atoms with Gasteiger partial charge in [-0.25, -0.2) is 0 Å². The van der Waals surface area contributed by atoms with E-state index >= 15 is 0 Å². The van der Waals surface area contributed by atoms with Crippen LogP contribution in [-0.2, 0) is 4.79 Å². The molecular formula is C52H103NO4. The molecule has 0 fully saturated rings. The first kappa shape index (κ1) is 56.1. The molecule has 0 aromatic heterocycles. The van der Waals surface area contributed by atoms with Gasteiger partial charge in [-0.15, -0.1) is 0 Å². The molecule has 340 valence electrons. The fourth-order valence-electron chi connectivity index (χ4n) is 8.34. The predicted octanol–water partition coefficient (Wildman–Crippen LogP) is 15.6. The average molecular weight is 806 g/mol. The van der Waals surface area contributed by atoms with Gasteiger partial charge in [0.15, 0.2) is 0 Å². The maximum absolute atomic E-state index is 12.5. The molecule has 57 heavy (non-hydrogen) atoms. The van der Waals surface area contributed by atoms with Crippen molar-refractivity contribution >= 4 is 5.91 Å². The Labute approximate surface area is 357 Å². The third-order valence-electron chi connectivity index (χ3n) is 12.3. The average Bonchev–Trinajstić information content (AvgIpc) is 3.20. The molecule has 0 heterocycles. The normalized spacial score (nSPS) is 13.4. The van der Waals surface area contributed by atoms with Crippen LogP contribution in [0.4, 0.5) is 0 Å². The standard InChI is InChI=1S/C52H103NO4/c1-3-5-7-9-11-13-15-17-19-21-22-23-24-25-26-27-28-30-31-33-35-37-39-41-43-45-49(55)47-52(57)53-50(48-54)51(56)46-44-42-40-38-36-34-32-29-20-18-16-14-12-10-8-6-4-2/h25-26,49-51,54-56H,3-24,27-48H2,1-2H3,(H,53,57)/b26-25-. The molecular weight excluding hydrogens is 703 g/mol. The minimum atomic E-state index is -0.747. The van der Waals surface area contributed by atoms with Crippen molar-refractivity contribution in [1.29, 1.82) is 0 Å². The lowest BCUT2D eigenvalue weighted by atomic mass is 10.0. The molecule has 0 radical (unpaired) electrons. The maximum atomic E-state index is 12.5. The van der Waals surface area contributed by atoms with Gasteiger partial charge in [-0.2, -0.15) is 0 Å². The Bertz CT molecular complexity index is 803. The second-order valence-corrected chi connectivity index (χ2v) is 18.1. The molecule has 0 aliphatic carbocycles. The molecule has 0 spiro atoms. The van der Waals surface area contributed by atoms with Crippen LogP contribution in [0, 0.1) is 0 Å². The zero-order valence-corrected chi connectivity index (χ0v) is 38.7. The summed E-state index contributed by atoms with van der Waals surface area (Å²) in [5, 5.41) is 33.5. The molecule has 3 atom stereocenters. The Morgan fingerprint density at radius 1 is 0.421 bits per heavy atom. The lowest BCUT2D eigenvalue weighted by Crippen LogP contribution is -2.46. The number of unbranched alkanes of at least 4 members (excludes halogenated alkanes) is 37. The predicted molar refractivity (Wildman–Crippen MR) is 250 cm³/mol. The van der Waals surface area contributed by atoms with Gasteiger partial charge in [0.25, 0.3) is 0 Å². The molecule has 0 aromatic rings. The SMILES string of the molecule is CCCCCCCCCCCCCC/C=C\CCCCCCCCCCCC(O)CC(=O)NC(CO)C(O)CCCCCCCCCCCCCCCCCCC. The third kappa shape index (κ3) is 44.5. The van der Waals surface area contributed by atoms with Gasteiger partial charge in [0.1, 0.15) is 0 Å². The highest BCUT2D eigenvalue weighted by molar-refractivity contribution is 5.76. The molecule has 0 saturated carbocycles. The largest absolute Gasteiger partial charge is 0.394 e.